The van der Waals surface area contributed by atoms with Gasteiger partial charge in [0, 0.05) is 25.3 Å². The Morgan fingerprint density at radius 3 is 2.90 bits per heavy atom. The fourth-order valence-electron chi connectivity index (χ4n) is 4.69. The van der Waals surface area contributed by atoms with Gasteiger partial charge in [0.2, 0.25) is 0 Å². The molecule has 1 aromatic carbocycles. The van der Waals surface area contributed by atoms with Gasteiger partial charge >= 0.3 is 0 Å². The number of carbonyl (C=O) groups is 1. The Hall–Kier alpha value is -2.74. The van der Waals surface area contributed by atoms with Gasteiger partial charge in [-0.25, -0.2) is 14.4 Å². The van der Waals surface area contributed by atoms with Gasteiger partial charge in [0.1, 0.15) is 21.0 Å². The number of piperidine rings is 1. The van der Waals surface area contributed by atoms with Crippen molar-refractivity contribution in [3.05, 3.63) is 45.8 Å². The lowest BCUT2D eigenvalue weighted by Gasteiger charge is -2.32. The van der Waals surface area contributed by atoms with E-state index in [-0.39, 0.29) is 17.8 Å². The number of hydrogen-bond donors (Lipinski definition) is 2. The number of amides is 1. The van der Waals surface area contributed by atoms with Crippen molar-refractivity contribution in [2.75, 3.05) is 23.7 Å². The molecule has 1 fully saturated rings. The average molecular weight is 440 g/mol. The lowest BCUT2D eigenvalue weighted by Crippen LogP contribution is -2.39. The quantitative estimate of drug-likeness (QED) is 0.644. The lowest BCUT2D eigenvalue weighted by atomic mass is 9.87. The van der Waals surface area contributed by atoms with E-state index in [4.69, 9.17) is 5.73 Å². The summed E-state index contributed by atoms with van der Waals surface area (Å²) in [5.74, 6) is -0.288. The number of anilines is 2. The number of halogens is 1. The van der Waals surface area contributed by atoms with E-state index in [0.29, 0.717) is 40.2 Å². The van der Waals surface area contributed by atoms with Crippen LogP contribution in [0.25, 0.3) is 10.3 Å². The first-order valence-corrected chi connectivity index (χ1v) is 11.7. The number of aromatic nitrogens is 2. The second-order valence-electron chi connectivity index (χ2n) is 8.51. The van der Waals surface area contributed by atoms with Crippen LogP contribution in [0.5, 0.6) is 0 Å². The molecule has 1 aliphatic carbocycles. The predicted octanol–water partition coefficient (Wildman–Crippen LogP) is 4.00. The van der Waals surface area contributed by atoms with Crippen molar-refractivity contribution < 1.29 is 9.18 Å². The predicted molar refractivity (Wildman–Crippen MR) is 122 cm³/mol. The third kappa shape index (κ3) is 3.73. The van der Waals surface area contributed by atoms with Crippen LogP contribution in [0.2, 0.25) is 0 Å². The van der Waals surface area contributed by atoms with Crippen molar-refractivity contribution in [1.82, 2.24) is 15.3 Å². The monoisotopic (exact) mass is 439 g/mol. The number of fused-ring (bicyclic) bond motifs is 2. The molecule has 3 N–H and O–H groups in total. The summed E-state index contributed by atoms with van der Waals surface area (Å²) in [6.45, 7) is 3.71. The molecule has 3 aromatic rings. The molecule has 0 unspecified atom stereocenters. The molecule has 1 atom stereocenters. The number of nitrogens with one attached hydrogen (secondary N) is 1. The maximum Gasteiger partial charge on any atom is 0.263 e. The van der Waals surface area contributed by atoms with Crippen LogP contribution in [-0.2, 0) is 12.8 Å². The Morgan fingerprint density at radius 2 is 2.10 bits per heavy atom. The van der Waals surface area contributed by atoms with Crippen LogP contribution >= 0.6 is 11.3 Å². The minimum atomic E-state index is -0.209. The molecule has 0 saturated carbocycles. The molecule has 1 saturated heterocycles. The zero-order valence-corrected chi connectivity index (χ0v) is 18.4. The summed E-state index contributed by atoms with van der Waals surface area (Å²) in [4.78, 5) is 24.9. The number of thiophene rings is 1. The van der Waals surface area contributed by atoms with Crippen molar-refractivity contribution in [2.24, 2.45) is 0 Å². The van der Waals surface area contributed by atoms with E-state index in [2.05, 4.69) is 20.2 Å². The zero-order chi connectivity index (χ0) is 21.5. The summed E-state index contributed by atoms with van der Waals surface area (Å²) in [5.41, 5.74) is 10.4. The summed E-state index contributed by atoms with van der Waals surface area (Å²) < 4.78 is 15.2. The molecule has 3 heterocycles. The number of aryl methyl sites for hydroxylation is 1. The number of nitrogens with two attached hydrogens (primary N) is 1. The van der Waals surface area contributed by atoms with Gasteiger partial charge < -0.3 is 16.0 Å². The normalized spacial score (nSPS) is 18.8. The molecule has 31 heavy (non-hydrogen) atoms. The maximum atomic E-state index is 15.2. The molecule has 1 amide bonds. The van der Waals surface area contributed by atoms with E-state index in [1.807, 2.05) is 19.1 Å². The standard InChI is InChI=1S/C23H26FN5OS/c1-13-12-26-20-19(25)21(31-23(20)27-13)22(30)28-15-6-7-16-14(11-15)5-8-17(18(16)24)29-9-3-2-4-10-29/h5,8,12,15H,2-4,6-7,9-11,25H2,1H3,(H,28,30)/t15-/m1/s1. The highest BCUT2D eigenvalue weighted by Crippen LogP contribution is 2.33. The highest BCUT2D eigenvalue weighted by atomic mass is 32.1. The first-order chi connectivity index (χ1) is 15.0. The number of nitrogens with zero attached hydrogens (tertiary/aromatic N) is 3. The van der Waals surface area contributed by atoms with E-state index < -0.39 is 0 Å². The number of carbonyl (C=O) groups excluding carboxylic acids is 1. The molecule has 6 nitrogen and oxygen atoms in total. The molecule has 162 valence electrons. The fraction of sp³-hybridized carbons (Fsp3) is 0.435. The first-order valence-electron chi connectivity index (χ1n) is 10.9. The fourth-order valence-corrected chi connectivity index (χ4v) is 5.69. The third-order valence-corrected chi connectivity index (χ3v) is 7.41. The number of rotatable bonds is 3. The molecule has 8 heteroatoms. The summed E-state index contributed by atoms with van der Waals surface area (Å²) in [7, 11) is 0. The summed E-state index contributed by atoms with van der Waals surface area (Å²) in [5, 5.41) is 3.09. The van der Waals surface area contributed by atoms with Crippen molar-refractivity contribution in [1.29, 1.82) is 0 Å². The van der Waals surface area contributed by atoms with Crippen LogP contribution in [0.15, 0.2) is 18.3 Å². The molecule has 2 aromatic heterocycles. The van der Waals surface area contributed by atoms with Crippen LogP contribution in [0.1, 0.15) is 52.2 Å². The van der Waals surface area contributed by atoms with Crippen molar-refractivity contribution in [2.45, 2.75) is 51.5 Å². The van der Waals surface area contributed by atoms with Gasteiger partial charge in [0.05, 0.1) is 17.1 Å². The SMILES string of the molecule is Cc1cnc2c(N)c(C(=O)N[C@@H]3CCc4c(ccc(N5CCCCC5)c4F)C3)sc2n1. The Morgan fingerprint density at radius 1 is 1.29 bits per heavy atom. The first kappa shape index (κ1) is 20.2. The van der Waals surface area contributed by atoms with Crippen LogP contribution < -0.4 is 16.0 Å². The summed E-state index contributed by atoms with van der Waals surface area (Å²) in [6, 6.07) is 3.89. The molecule has 1 aliphatic heterocycles. The average Bonchev–Trinajstić information content (AvgIpc) is 3.10. The molecule has 2 aliphatic rings. The van der Waals surface area contributed by atoms with Crippen LogP contribution in [0.4, 0.5) is 15.8 Å². The van der Waals surface area contributed by atoms with Crippen LogP contribution in [-0.4, -0.2) is 35.0 Å². The second-order valence-corrected chi connectivity index (χ2v) is 9.51. The van der Waals surface area contributed by atoms with E-state index in [9.17, 15) is 4.79 Å². The molecular weight excluding hydrogens is 413 g/mol. The minimum absolute atomic E-state index is 0.0486. The van der Waals surface area contributed by atoms with Gasteiger partial charge in [0.25, 0.3) is 5.91 Å². The van der Waals surface area contributed by atoms with Gasteiger partial charge in [0.15, 0.2) is 0 Å². The molecule has 0 spiro atoms. The van der Waals surface area contributed by atoms with Crippen molar-refractivity contribution in [3.8, 4) is 0 Å². The number of hydrogen-bond acceptors (Lipinski definition) is 6. The highest BCUT2D eigenvalue weighted by molar-refractivity contribution is 7.21. The van der Waals surface area contributed by atoms with E-state index in [1.165, 1.54) is 17.8 Å². The molecule has 5 rings (SSSR count). The number of benzene rings is 1. The summed E-state index contributed by atoms with van der Waals surface area (Å²) >= 11 is 1.26. The topological polar surface area (TPSA) is 84.1 Å². The van der Waals surface area contributed by atoms with Gasteiger partial charge in [-0.2, -0.15) is 0 Å². The van der Waals surface area contributed by atoms with Crippen molar-refractivity contribution >= 4 is 39.0 Å². The van der Waals surface area contributed by atoms with Gasteiger partial charge in [-0.1, -0.05) is 6.07 Å². The third-order valence-electron chi connectivity index (χ3n) is 6.33. The minimum Gasteiger partial charge on any atom is -0.396 e. The zero-order valence-electron chi connectivity index (χ0n) is 17.6. The Labute approximate surface area is 184 Å². The smallest absolute Gasteiger partial charge is 0.263 e. The number of nitrogen functional groups attached to an aromatic ring is 1. The Kier molecular flexibility index (Phi) is 5.25. The van der Waals surface area contributed by atoms with E-state index in [0.717, 1.165) is 48.4 Å². The van der Waals surface area contributed by atoms with E-state index in [1.54, 1.807) is 6.20 Å². The highest BCUT2D eigenvalue weighted by Gasteiger charge is 2.27. The van der Waals surface area contributed by atoms with E-state index >= 15 is 4.39 Å². The maximum absolute atomic E-state index is 15.2. The lowest BCUT2D eigenvalue weighted by molar-refractivity contribution is 0.0938. The molecule has 0 radical (unpaired) electrons. The largest absolute Gasteiger partial charge is 0.396 e. The Balaban J connectivity index is 1.32. The van der Waals surface area contributed by atoms with Gasteiger partial charge in [-0.3, -0.25) is 4.79 Å². The molecule has 0 bridgehead atoms. The summed E-state index contributed by atoms with van der Waals surface area (Å²) in [6.07, 6.45) is 7.07. The molecular formula is C23H26FN5OS. The van der Waals surface area contributed by atoms with Crippen molar-refractivity contribution in [3.63, 3.8) is 0 Å². The van der Waals surface area contributed by atoms with Crippen LogP contribution in [0, 0.1) is 12.7 Å². The van der Waals surface area contributed by atoms with Crippen LogP contribution in [0.3, 0.4) is 0 Å². The van der Waals surface area contributed by atoms with Gasteiger partial charge in [-0.05, 0) is 62.6 Å². The van der Waals surface area contributed by atoms with Gasteiger partial charge in [-0.15, -0.1) is 11.3 Å². The Bertz CT molecular complexity index is 1150. The second kappa shape index (κ2) is 8.07.